The summed E-state index contributed by atoms with van der Waals surface area (Å²) in [5.74, 6) is -1.64. The van der Waals surface area contributed by atoms with Gasteiger partial charge in [0.15, 0.2) is 0 Å². The number of hydrogen-bond donors (Lipinski definition) is 4. The normalized spacial score (nSPS) is 19.9. The lowest BCUT2D eigenvalue weighted by Crippen LogP contribution is -2.57. The molecule has 11 nitrogen and oxygen atoms in total. The van der Waals surface area contributed by atoms with Gasteiger partial charge in [0.05, 0.1) is 11.6 Å². The second kappa shape index (κ2) is 12.6. The lowest BCUT2D eigenvalue weighted by Gasteiger charge is -2.31. The van der Waals surface area contributed by atoms with Crippen LogP contribution in [-0.2, 0) is 32.0 Å². The van der Waals surface area contributed by atoms with Gasteiger partial charge in [-0.2, -0.15) is 0 Å². The number of benzene rings is 2. The van der Waals surface area contributed by atoms with Crippen LogP contribution in [0.5, 0.6) is 5.75 Å². The number of carbonyl (C=O) groups excluding carboxylic acids is 4. The lowest BCUT2D eigenvalue weighted by molar-refractivity contribution is -0.143. The Balaban J connectivity index is 1.34. The third-order valence-corrected chi connectivity index (χ3v) is 8.11. The highest BCUT2D eigenvalue weighted by Gasteiger charge is 2.40. The molecule has 5 rings (SSSR count). The number of nitrogens with two attached hydrogens (primary N) is 2. The van der Waals surface area contributed by atoms with Crippen molar-refractivity contribution in [1.82, 2.24) is 20.1 Å². The fraction of sp³-hybridized carbons (Fsp3) is 0.387. The Morgan fingerprint density at radius 1 is 0.905 bits per heavy atom. The number of nitrogens with zero attached hydrogens (tertiary/aromatic N) is 3. The maximum Gasteiger partial charge on any atom is 0.246 e. The van der Waals surface area contributed by atoms with Gasteiger partial charge in [-0.1, -0.05) is 30.3 Å². The van der Waals surface area contributed by atoms with Crippen molar-refractivity contribution >= 4 is 34.5 Å². The molecule has 0 unspecified atom stereocenters. The zero-order valence-corrected chi connectivity index (χ0v) is 23.3. The topological polar surface area (TPSA) is 172 Å². The van der Waals surface area contributed by atoms with Gasteiger partial charge >= 0.3 is 0 Å². The summed E-state index contributed by atoms with van der Waals surface area (Å²) in [5.41, 5.74) is 14.2. The van der Waals surface area contributed by atoms with Crippen LogP contribution >= 0.6 is 0 Å². The molecule has 2 aliphatic heterocycles. The van der Waals surface area contributed by atoms with Gasteiger partial charge in [-0.15, -0.1) is 0 Å². The van der Waals surface area contributed by atoms with Crippen molar-refractivity contribution in [2.45, 2.75) is 62.7 Å². The molecule has 2 fully saturated rings. The second-order valence-electron chi connectivity index (χ2n) is 11.1. The van der Waals surface area contributed by atoms with Crippen LogP contribution in [0.2, 0.25) is 0 Å². The molecule has 4 atom stereocenters. The molecular weight excluding hydrogens is 536 g/mol. The van der Waals surface area contributed by atoms with E-state index in [4.69, 9.17) is 11.5 Å². The lowest BCUT2D eigenvalue weighted by atomic mass is 10.0. The van der Waals surface area contributed by atoms with Crippen molar-refractivity contribution in [3.05, 3.63) is 71.9 Å². The molecule has 2 aliphatic rings. The number of phenolic OH excluding ortho intramolecular Hbond substituents is 1. The van der Waals surface area contributed by atoms with E-state index in [-0.39, 0.29) is 24.5 Å². The number of amides is 4. The van der Waals surface area contributed by atoms with Crippen molar-refractivity contribution < 1.29 is 24.3 Å². The first-order valence-electron chi connectivity index (χ1n) is 14.3. The number of nitrogens with one attached hydrogen (secondary N) is 1. The fourth-order valence-corrected chi connectivity index (χ4v) is 5.95. The number of para-hydroxylation sites is 1. The predicted octanol–water partition coefficient (Wildman–Crippen LogP) is 1.01. The average Bonchev–Trinajstić information content (AvgIpc) is 3.68. The van der Waals surface area contributed by atoms with Crippen LogP contribution in [-0.4, -0.2) is 80.8 Å². The van der Waals surface area contributed by atoms with E-state index in [2.05, 4.69) is 10.3 Å². The smallest absolute Gasteiger partial charge is 0.246 e. The molecule has 0 saturated carbocycles. The number of carbonyl (C=O) groups is 4. The van der Waals surface area contributed by atoms with E-state index in [9.17, 15) is 24.3 Å². The molecule has 42 heavy (non-hydrogen) atoms. The van der Waals surface area contributed by atoms with Gasteiger partial charge in [0.25, 0.3) is 0 Å². The molecule has 3 aromatic rings. The summed E-state index contributed by atoms with van der Waals surface area (Å²) in [6.45, 7) is 0.748. The molecular formula is C31H36N6O5. The zero-order chi connectivity index (χ0) is 29.8. The number of hydrogen-bond acceptors (Lipinski definition) is 7. The quantitative estimate of drug-likeness (QED) is 0.296. The highest BCUT2D eigenvalue weighted by Crippen LogP contribution is 2.23. The van der Waals surface area contributed by atoms with E-state index in [0.717, 1.165) is 22.0 Å². The highest BCUT2D eigenvalue weighted by atomic mass is 16.3. The minimum absolute atomic E-state index is 0.120. The van der Waals surface area contributed by atoms with E-state index < -0.39 is 41.9 Å². The van der Waals surface area contributed by atoms with E-state index in [0.29, 0.717) is 38.8 Å². The van der Waals surface area contributed by atoms with Gasteiger partial charge < -0.3 is 31.7 Å². The van der Waals surface area contributed by atoms with Crippen LogP contribution < -0.4 is 16.8 Å². The van der Waals surface area contributed by atoms with E-state index in [1.54, 1.807) is 18.3 Å². The molecule has 0 spiro atoms. The number of likely N-dealkylation sites (tertiary alicyclic amines) is 2. The van der Waals surface area contributed by atoms with Gasteiger partial charge in [-0.3, -0.25) is 24.2 Å². The first-order valence-corrected chi connectivity index (χ1v) is 14.3. The molecule has 2 aromatic carbocycles. The number of pyridine rings is 1. The van der Waals surface area contributed by atoms with Gasteiger partial charge in [-0.05, 0) is 67.5 Å². The maximum absolute atomic E-state index is 13.8. The van der Waals surface area contributed by atoms with Crippen LogP contribution in [0.1, 0.15) is 36.8 Å². The number of primary amides is 1. The first kappa shape index (κ1) is 29.0. The first-order chi connectivity index (χ1) is 20.2. The molecule has 0 radical (unpaired) electrons. The van der Waals surface area contributed by atoms with E-state index >= 15 is 0 Å². The van der Waals surface area contributed by atoms with Crippen molar-refractivity contribution in [1.29, 1.82) is 0 Å². The molecule has 1 aromatic heterocycles. The third-order valence-electron chi connectivity index (χ3n) is 8.11. The Hall–Kier alpha value is -4.51. The number of aromatic hydroxyl groups is 1. The maximum atomic E-state index is 13.8. The van der Waals surface area contributed by atoms with Crippen molar-refractivity contribution in [2.24, 2.45) is 11.5 Å². The van der Waals surface area contributed by atoms with E-state index in [1.807, 2.05) is 30.3 Å². The summed E-state index contributed by atoms with van der Waals surface area (Å²) in [5, 5.41) is 13.3. The fourth-order valence-electron chi connectivity index (χ4n) is 5.95. The van der Waals surface area contributed by atoms with Gasteiger partial charge in [0, 0.05) is 31.1 Å². The minimum atomic E-state index is -0.983. The molecule has 11 heteroatoms. The predicted molar refractivity (Wildman–Crippen MR) is 156 cm³/mol. The standard InChI is InChI=1S/C31H36N6O5/c32-23(16-19-9-11-22(38)12-10-19)30(41)37-14-4-8-27(37)29(40)35-25(31(42)36-13-3-7-26(36)28(33)39)17-20-15-21-5-1-2-6-24(21)34-18-20/h1-2,5-6,9-12,15,18,23,25-27,38H,3-4,7-8,13-14,16-17,32H2,(H2,33,39)(H,35,40)/t23-,25+,26-,27-/m0/s1. The second-order valence-corrected chi connectivity index (χ2v) is 11.1. The van der Waals surface area contributed by atoms with Crippen LogP contribution in [0.15, 0.2) is 60.8 Å². The molecule has 6 N–H and O–H groups in total. The van der Waals surface area contributed by atoms with Gasteiger partial charge in [0.1, 0.15) is 23.9 Å². The number of phenols is 1. The molecule has 4 amide bonds. The summed E-state index contributed by atoms with van der Waals surface area (Å²) in [6, 6.07) is 12.6. The zero-order valence-electron chi connectivity index (χ0n) is 23.3. The summed E-state index contributed by atoms with van der Waals surface area (Å²) in [6.07, 6.45) is 4.27. The Labute approximate surface area is 243 Å². The molecule has 0 bridgehead atoms. The molecule has 0 aliphatic carbocycles. The number of rotatable bonds is 9. The largest absolute Gasteiger partial charge is 0.508 e. The highest BCUT2D eigenvalue weighted by molar-refractivity contribution is 5.95. The Bertz CT molecular complexity index is 1480. The van der Waals surface area contributed by atoms with Crippen LogP contribution in [0, 0.1) is 0 Å². The van der Waals surface area contributed by atoms with Crippen LogP contribution in [0.25, 0.3) is 10.9 Å². The number of aromatic nitrogens is 1. The molecule has 220 valence electrons. The molecule has 2 saturated heterocycles. The summed E-state index contributed by atoms with van der Waals surface area (Å²) in [7, 11) is 0. The minimum Gasteiger partial charge on any atom is -0.508 e. The van der Waals surface area contributed by atoms with Crippen LogP contribution in [0.3, 0.4) is 0 Å². The van der Waals surface area contributed by atoms with E-state index in [1.165, 1.54) is 21.9 Å². The third kappa shape index (κ3) is 6.36. The van der Waals surface area contributed by atoms with Crippen LogP contribution in [0.4, 0.5) is 0 Å². The average molecular weight is 573 g/mol. The van der Waals surface area contributed by atoms with Crippen molar-refractivity contribution in [3.63, 3.8) is 0 Å². The number of fused-ring (bicyclic) bond motifs is 1. The SMILES string of the molecule is NC(=O)[C@@H]1CCCN1C(=O)[C@@H](Cc1cnc2ccccc2c1)NC(=O)[C@@H]1CCCN1C(=O)[C@@H](N)Cc1ccc(O)cc1. The summed E-state index contributed by atoms with van der Waals surface area (Å²) < 4.78 is 0. The molecule has 3 heterocycles. The van der Waals surface area contributed by atoms with Gasteiger partial charge in [-0.25, -0.2) is 0 Å². The van der Waals surface area contributed by atoms with Gasteiger partial charge in [0.2, 0.25) is 23.6 Å². The monoisotopic (exact) mass is 572 g/mol. The Morgan fingerprint density at radius 2 is 1.57 bits per heavy atom. The summed E-state index contributed by atoms with van der Waals surface area (Å²) >= 11 is 0. The van der Waals surface area contributed by atoms with Crippen molar-refractivity contribution in [2.75, 3.05) is 13.1 Å². The Morgan fingerprint density at radius 3 is 2.29 bits per heavy atom. The summed E-state index contributed by atoms with van der Waals surface area (Å²) in [4.78, 5) is 60.3. The Kier molecular flexibility index (Phi) is 8.67. The van der Waals surface area contributed by atoms with Crippen molar-refractivity contribution in [3.8, 4) is 5.75 Å².